The highest BCUT2D eigenvalue weighted by Crippen LogP contribution is 2.18. The smallest absolute Gasteiger partial charge is 0.272 e. The molecule has 1 N–H and O–H groups in total. The molecule has 0 saturated heterocycles. The first kappa shape index (κ1) is 14.4. The molecule has 0 atom stereocenters. The molecule has 0 saturated carbocycles. The number of fused-ring (bicyclic) bond motifs is 1. The van der Waals surface area contributed by atoms with Crippen LogP contribution in [0.15, 0.2) is 47.5 Å². The molecule has 6 heteroatoms. The molecule has 5 nitrogen and oxygen atoms in total. The molecule has 1 amide bonds. The molecule has 2 aromatic heterocycles. The number of nitrogens with zero attached hydrogens (tertiary/aromatic N) is 2. The van der Waals surface area contributed by atoms with Crippen LogP contribution in [0, 0.1) is 0 Å². The van der Waals surface area contributed by atoms with Gasteiger partial charge in [0.05, 0.1) is 5.02 Å². The summed E-state index contributed by atoms with van der Waals surface area (Å²) in [5.41, 5.74) is 0.916. The Kier molecular flexibility index (Phi) is 3.50. The third-order valence-electron chi connectivity index (χ3n) is 3.54. The quantitative estimate of drug-likeness (QED) is 0.790. The van der Waals surface area contributed by atoms with Crippen LogP contribution in [0.2, 0.25) is 5.02 Å². The summed E-state index contributed by atoms with van der Waals surface area (Å²) in [6.07, 6.45) is 3.38. The number of amides is 1. The molecule has 0 aliphatic carbocycles. The fourth-order valence-corrected chi connectivity index (χ4v) is 2.61. The summed E-state index contributed by atoms with van der Waals surface area (Å²) in [6, 6.07) is 8.71. The Bertz CT molecular complexity index is 940. The predicted molar refractivity (Wildman–Crippen MR) is 87.6 cm³/mol. The molecular formula is C16H14ClN3O2. The lowest BCUT2D eigenvalue weighted by Crippen LogP contribution is -2.17. The first-order valence-corrected chi connectivity index (χ1v) is 7.06. The summed E-state index contributed by atoms with van der Waals surface area (Å²) in [6.45, 7) is 0. The van der Waals surface area contributed by atoms with Gasteiger partial charge in [-0.15, -0.1) is 0 Å². The maximum Gasteiger partial charge on any atom is 0.272 e. The second kappa shape index (κ2) is 5.35. The van der Waals surface area contributed by atoms with Gasteiger partial charge in [0.15, 0.2) is 0 Å². The lowest BCUT2D eigenvalue weighted by molar-refractivity contribution is 0.101. The number of benzene rings is 1. The van der Waals surface area contributed by atoms with Crippen LogP contribution in [-0.2, 0) is 14.1 Å². The Balaban J connectivity index is 1.97. The van der Waals surface area contributed by atoms with E-state index in [1.165, 1.54) is 4.57 Å². The number of rotatable bonds is 2. The molecule has 1 aromatic carbocycles. The molecule has 3 aromatic rings. The number of carbonyl (C=O) groups is 1. The van der Waals surface area contributed by atoms with Crippen LogP contribution < -0.4 is 10.9 Å². The van der Waals surface area contributed by atoms with Gasteiger partial charge in [0.1, 0.15) is 5.69 Å². The molecule has 0 fully saturated rings. The Hall–Kier alpha value is -2.53. The largest absolute Gasteiger partial charge is 0.345 e. The summed E-state index contributed by atoms with van der Waals surface area (Å²) < 4.78 is 3.16. The van der Waals surface area contributed by atoms with E-state index in [1.54, 1.807) is 49.3 Å². The summed E-state index contributed by atoms with van der Waals surface area (Å²) in [5.74, 6) is -0.276. The van der Waals surface area contributed by atoms with Crippen molar-refractivity contribution >= 4 is 34.0 Å². The number of aryl methyl sites for hydroxylation is 2. The molecule has 0 bridgehead atoms. The van der Waals surface area contributed by atoms with Gasteiger partial charge >= 0.3 is 0 Å². The van der Waals surface area contributed by atoms with E-state index in [9.17, 15) is 9.59 Å². The van der Waals surface area contributed by atoms with Crippen molar-refractivity contribution in [2.24, 2.45) is 14.1 Å². The zero-order valence-electron chi connectivity index (χ0n) is 12.1. The minimum absolute atomic E-state index is 0.101. The topological polar surface area (TPSA) is 56.0 Å². The molecule has 0 spiro atoms. The van der Waals surface area contributed by atoms with E-state index in [1.807, 2.05) is 12.1 Å². The van der Waals surface area contributed by atoms with Gasteiger partial charge in [-0.1, -0.05) is 17.7 Å². The van der Waals surface area contributed by atoms with Crippen molar-refractivity contribution in [1.82, 2.24) is 9.13 Å². The Morgan fingerprint density at radius 3 is 2.59 bits per heavy atom. The number of carbonyl (C=O) groups excluding carboxylic acids is 1. The Morgan fingerprint density at radius 1 is 1.14 bits per heavy atom. The van der Waals surface area contributed by atoms with E-state index in [2.05, 4.69) is 5.32 Å². The van der Waals surface area contributed by atoms with Crippen molar-refractivity contribution in [3.63, 3.8) is 0 Å². The fraction of sp³-hybridized carbons (Fsp3) is 0.125. The molecule has 22 heavy (non-hydrogen) atoms. The number of anilines is 1. The van der Waals surface area contributed by atoms with E-state index in [-0.39, 0.29) is 11.5 Å². The van der Waals surface area contributed by atoms with Crippen LogP contribution in [0.1, 0.15) is 10.5 Å². The normalized spacial score (nSPS) is 10.9. The third-order valence-corrected chi connectivity index (χ3v) is 3.75. The zero-order valence-corrected chi connectivity index (χ0v) is 12.9. The van der Waals surface area contributed by atoms with E-state index < -0.39 is 0 Å². The highest BCUT2D eigenvalue weighted by Gasteiger charge is 2.12. The van der Waals surface area contributed by atoms with Crippen molar-refractivity contribution in [3.8, 4) is 0 Å². The predicted octanol–water partition coefficient (Wildman–Crippen LogP) is 2.78. The van der Waals surface area contributed by atoms with Gasteiger partial charge in [-0.25, -0.2) is 0 Å². The highest BCUT2D eigenvalue weighted by atomic mass is 35.5. The second-order valence-corrected chi connectivity index (χ2v) is 5.58. The Morgan fingerprint density at radius 2 is 1.91 bits per heavy atom. The van der Waals surface area contributed by atoms with Crippen LogP contribution in [0.4, 0.5) is 5.69 Å². The molecule has 0 radical (unpaired) electrons. The lowest BCUT2D eigenvalue weighted by Gasteiger charge is -2.08. The van der Waals surface area contributed by atoms with Crippen LogP contribution in [-0.4, -0.2) is 15.0 Å². The average Bonchev–Trinajstić information content (AvgIpc) is 2.82. The molecule has 0 unspecified atom stereocenters. The first-order chi connectivity index (χ1) is 10.5. The number of aromatic nitrogens is 2. The van der Waals surface area contributed by atoms with Crippen molar-refractivity contribution in [2.75, 3.05) is 5.32 Å². The van der Waals surface area contributed by atoms with Crippen molar-refractivity contribution in [2.45, 2.75) is 0 Å². The molecule has 2 heterocycles. The first-order valence-electron chi connectivity index (χ1n) is 6.68. The number of nitrogens with one attached hydrogen (secondary N) is 1. The number of pyridine rings is 1. The van der Waals surface area contributed by atoms with E-state index >= 15 is 0 Å². The number of halogens is 1. The SMILES string of the molecule is Cn1cc(Cl)cc1C(=O)Nc1ccc2ccn(C)c(=O)c2c1. The Labute approximate surface area is 131 Å². The van der Waals surface area contributed by atoms with E-state index in [0.29, 0.717) is 21.8 Å². The highest BCUT2D eigenvalue weighted by molar-refractivity contribution is 6.31. The molecule has 3 rings (SSSR count). The van der Waals surface area contributed by atoms with Crippen molar-refractivity contribution in [3.05, 3.63) is 63.8 Å². The standard InChI is InChI=1S/C16H14ClN3O2/c1-19-6-5-10-3-4-12(8-13(10)16(19)22)18-15(21)14-7-11(17)9-20(14)2/h3-9H,1-2H3,(H,18,21). The number of hydrogen-bond donors (Lipinski definition) is 1. The van der Waals surface area contributed by atoms with Gasteiger partial charge in [0, 0.05) is 37.6 Å². The maximum atomic E-state index is 12.3. The summed E-state index contributed by atoms with van der Waals surface area (Å²) in [7, 11) is 3.44. The van der Waals surface area contributed by atoms with Gasteiger partial charge in [0.2, 0.25) is 0 Å². The minimum Gasteiger partial charge on any atom is -0.345 e. The lowest BCUT2D eigenvalue weighted by atomic mass is 10.1. The third kappa shape index (κ3) is 2.51. The van der Waals surface area contributed by atoms with Gasteiger partial charge in [-0.05, 0) is 29.7 Å². The van der Waals surface area contributed by atoms with Crippen LogP contribution in [0.5, 0.6) is 0 Å². The minimum atomic E-state index is -0.276. The average molecular weight is 316 g/mol. The summed E-state index contributed by atoms with van der Waals surface area (Å²) in [4.78, 5) is 24.4. The summed E-state index contributed by atoms with van der Waals surface area (Å²) in [5, 5.41) is 4.68. The zero-order chi connectivity index (χ0) is 15.9. The number of hydrogen-bond acceptors (Lipinski definition) is 2. The van der Waals surface area contributed by atoms with E-state index in [4.69, 9.17) is 11.6 Å². The van der Waals surface area contributed by atoms with Crippen molar-refractivity contribution in [1.29, 1.82) is 0 Å². The van der Waals surface area contributed by atoms with Gasteiger partial charge in [0.25, 0.3) is 11.5 Å². The maximum absolute atomic E-state index is 12.3. The molecule has 0 aliphatic heterocycles. The van der Waals surface area contributed by atoms with E-state index in [0.717, 1.165) is 5.39 Å². The van der Waals surface area contributed by atoms with Crippen LogP contribution >= 0.6 is 11.6 Å². The van der Waals surface area contributed by atoms with Crippen LogP contribution in [0.3, 0.4) is 0 Å². The van der Waals surface area contributed by atoms with Crippen molar-refractivity contribution < 1.29 is 4.79 Å². The molecular weight excluding hydrogens is 302 g/mol. The molecule has 0 aliphatic rings. The van der Waals surface area contributed by atoms with Gasteiger partial charge in [-0.2, -0.15) is 0 Å². The van der Waals surface area contributed by atoms with Gasteiger partial charge in [-0.3, -0.25) is 9.59 Å². The monoisotopic (exact) mass is 315 g/mol. The second-order valence-electron chi connectivity index (χ2n) is 5.14. The van der Waals surface area contributed by atoms with Gasteiger partial charge < -0.3 is 14.5 Å². The fourth-order valence-electron chi connectivity index (χ4n) is 2.36. The summed E-state index contributed by atoms with van der Waals surface area (Å²) >= 11 is 5.88. The molecule has 112 valence electrons. The van der Waals surface area contributed by atoms with Crippen LogP contribution in [0.25, 0.3) is 10.8 Å².